The van der Waals surface area contributed by atoms with E-state index in [0.717, 1.165) is 11.1 Å². The minimum atomic E-state index is -0.577. The summed E-state index contributed by atoms with van der Waals surface area (Å²) < 4.78 is 10.6. The van der Waals surface area contributed by atoms with Crippen molar-refractivity contribution in [2.45, 2.75) is 26.7 Å². The molecule has 0 N–H and O–H groups in total. The number of carbonyl (C=O) groups excluding carboxylic acids is 1. The van der Waals surface area contributed by atoms with Crippen molar-refractivity contribution >= 4 is 17.4 Å². The van der Waals surface area contributed by atoms with Crippen molar-refractivity contribution < 1.29 is 24.0 Å². The Morgan fingerprint density at radius 3 is 2.33 bits per heavy atom. The number of benzene rings is 1. The van der Waals surface area contributed by atoms with E-state index < -0.39 is 10.9 Å². The lowest BCUT2D eigenvalue weighted by atomic mass is 9.85. The summed E-state index contributed by atoms with van der Waals surface area (Å²) in [5, 5.41) is 14.6. The van der Waals surface area contributed by atoms with Crippen molar-refractivity contribution in [3.63, 3.8) is 0 Å². The van der Waals surface area contributed by atoms with Crippen molar-refractivity contribution in [3.05, 3.63) is 56.7 Å². The first kappa shape index (κ1) is 20.2. The average molecular weight is 374 g/mol. The Labute approximate surface area is 157 Å². The molecule has 0 heterocycles. The molecule has 1 aliphatic rings. The van der Waals surface area contributed by atoms with Crippen LogP contribution in [0.15, 0.2) is 51.7 Å². The number of nitrogens with zero attached hydrogens (tertiary/aromatic N) is 2. The van der Waals surface area contributed by atoms with E-state index in [4.69, 9.17) is 14.3 Å². The predicted octanol–water partition coefficient (Wildman–Crippen LogP) is 3.58. The maximum atomic E-state index is 12.1. The van der Waals surface area contributed by atoms with Gasteiger partial charge in [0.15, 0.2) is 5.71 Å². The van der Waals surface area contributed by atoms with E-state index in [1.54, 1.807) is 12.1 Å². The van der Waals surface area contributed by atoms with Crippen LogP contribution in [0.5, 0.6) is 5.75 Å². The topological polar surface area (TPSA) is 100 Å². The maximum Gasteiger partial charge on any atom is 0.360 e. The van der Waals surface area contributed by atoms with Crippen molar-refractivity contribution in [1.29, 1.82) is 0 Å². The molecule has 0 spiro atoms. The molecule has 8 heteroatoms. The van der Waals surface area contributed by atoms with Crippen LogP contribution in [-0.2, 0) is 14.4 Å². The molecule has 1 aliphatic carbocycles. The average Bonchev–Trinajstić information content (AvgIpc) is 2.66. The van der Waals surface area contributed by atoms with Crippen LogP contribution < -0.4 is 4.74 Å². The fraction of sp³-hybridized carbons (Fsp3) is 0.368. The number of carbonyl (C=O) groups is 1. The van der Waals surface area contributed by atoms with Crippen molar-refractivity contribution in [2.75, 3.05) is 20.8 Å². The van der Waals surface area contributed by atoms with Crippen LogP contribution in [0.25, 0.3) is 0 Å². The monoisotopic (exact) mass is 374 g/mol. The van der Waals surface area contributed by atoms with Crippen molar-refractivity contribution in [3.8, 4) is 5.75 Å². The zero-order valence-corrected chi connectivity index (χ0v) is 15.8. The zero-order chi connectivity index (χ0) is 20.0. The molecule has 0 fully saturated rings. The Hall–Kier alpha value is -3.16. The number of nitro benzene ring substituents is 1. The summed E-state index contributed by atoms with van der Waals surface area (Å²) in [5.74, 6) is -0.0771. The van der Waals surface area contributed by atoms with Crippen LogP contribution in [-0.4, -0.2) is 37.4 Å². The Kier molecular flexibility index (Phi) is 6.70. The van der Waals surface area contributed by atoms with E-state index in [1.165, 1.54) is 31.9 Å². The number of hydrogen-bond donors (Lipinski definition) is 0. The van der Waals surface area contributed by atoms with E-state index >= 15 is 0 Å². The van der Waals surface area contributed by atoms with Gasteiger partial charge >= 0.3 is 5.97 Å². The summed E-state index contributed by atoms with van der Waals surface area (Å²) in [6.45, 7) is 4.26. The molecule has 0 amide bonds. The van der Waals surface area contributed by atoms with E-state index in [0.29, 0.717) is 24.2 Å². The Morgan fingerprint density at radius 1 is 1.15 bits per heavy atom. The molecule has 8 nitrogen and oxygen atoms in total. The summed E-state index contributed by atoms with van der Waals surface area (Å²) in [5.41, 5.74) is 4.06. The number of nitro groups is 1. The number of hydrogen-bond acceptors (Lipinski definition) is 7. The quantitative estimate of drug-likeness (QED) is 0.238. The smallest absolute Gasteiger partial charge is 0.360 e. The van der Waals surface area contributed by atoms with Gasteiger partial charge in [-0.3, -0.25) is 10.1 Å². The van der Waals surface area contributed by atoms with Crippen LogP contribution in [0.4, 0.5) is 5.69 Å². The van der Waals surface area contributed by atoms with Gasteiger partial charge in [-0.1, -0.05) is 16.3 Å². The second-order valence-corrected chi connectivity index (χ2v) is 6.15. The lowest BCUT2D eigenvalue weighted by Crippen LogP contribution is -2.24. The fourth-order valence-electron chi connectivity index (χ4n) is 2.75. The highest BCUT2D eigenvalue weighted by Gasteiger charge is 2.26. The number of non-ortho nitro benzene ring substituents is 1. The molecular formula is C19H22N2O6. The second kappa shape index (κ2) is 8.98. The first-order valence-corrected chi connectivity index (χ1v) is 8.30. The number of methoxy groups -OCH3 is 1. The summed E-state index contributed by atoms with van der Waals surface area (Å²) in [6.07, 6.45) is 1.18. The molecule has 1 aromatic rings. The number of allylic oxidation sites excluding steroid dienone is 2. The SMILES string of the molecule is CON=C(C(=O)OC)C1=C(COc2ccc([N+](=O)[O-])cc2)CC(C)=C(C)C1. The van der Waals surface area contributed by atoms with Crippen LogP contribution >= 0.6 is 0 Å². The summed E-state index contributed by atoms with van der Waals surface area (Å²) >= 11 is 0. The zero-order valence-electron chi connectivity index (χ0n) is 15.8. The van der Waals surface area contributed by atoms with Gasteiger partial charge in [-0.2, -0.15) is 0 Å². The van der Waals surface area contributed by atoms with Gasteiger partial charge in [0.1, 0.15) is 19.5 Å². The molecule has 0 aromatic heterocycles. The summed E-state index contributed by atoms with van der Waals surface area (Å²) in [4.78, 5) is 27.2. The minimum absolute atomic E-state index is 0.00507. The van der Waals surface area contributed by atoms with E-state index in [-0.39, 0.29) is 18.0 Å². The van der Waals surface area contributed by atoms with E-state index in [1.807, 2.05) is 13.8 Å². The number of esters is 1. The highest BCUT2D eigenvalue weighted by atomic mass is 16.6. The van der Waals surface area contributed by atoms with Gasteiger partial charge in [0, 0.05) is 12.1 Å². The third-order valence-corrected chi connectivity index (χ3v) is 4.38. The lowest BCUT2D eigenvalue weighted by Gasteiger charge is -2.23. The van der Waals surface area contributed by atoms with Gasteiger partial charge in [0.2, 0.25) is 0 Å². The van der Waals surface area contributed by atoms with Gasteiger partial charge in [-0.15, -0.1) is 0 Å². The maximum absolute atomic E-state index is 12.1. The Morgan fingerprint density at radius 2 is 1.78 bits per heavy atom. The normalized spacial score (nSPS) is 14.9. The molecule has 1 aromatic carbocycles. The molecule has 2 rings (SSSR count). The molecular weight excluding hydrogens is 352 g/mol. The Balaban J connectivity index is 2.28. The molecule has 27 heavy (non-hydrogen) atoms. The van der Waals surface area contributed by atoms with Crippen LogP contribution in [0.1, 0.15) is 26.7 Å². The Bertz CT molecular complexity index is 821. The highest BCUT2D eigenvalue weighted by molar-refractivity contribution is 6.43. The summed E-state index contributed by atoms with van der Waals surface area (Å²) in [6, 6.07) is 5.85. The number of oxime groups is 1. The van der Waals surface area contributed by atoms with Gasteiger partial charge in [0.25, 0.3) is 5.69 Å². The van der Waals surface area contributed by atoms with Crippen LogP contribution in [0.3, 0.4) is 0 Å². The standard InChI is InChI=1S/C19H22N2O6/c1-12-9-14(11-27-16-7-5-15(6-8-16)21(23)24)17(10-13(12)2)18(20-26-4)19(22)25-3/h5-8H,9-11H2,1-4H3. The molecule has 0 bridgehead atoms. The molecule has 0 atom stereocenters. The summed E-state index contributed by atoms with van der Waals surface area (Å²) in [7, 11) is 2.66. The first-order chi connectivity index (χ1) is 12.9. The number of rotatable bonds is 7. The van der Waals surface area contributed by atoms with Gasteiger partial charge in [-0.25, -0.2) is 4.79 Å². The molecule has 144 valence electrons. The van der Waals surface area contributed by atoms with E-state index in [2.05, 4.69) is 5.16 Å². The number of ether oxygens (including phenoxy) is 2. The molecule has 0 saturated heterocycles. The van der Waals surface area contributed by atoms with Gasteiger partial charge in [-0.05, 0) is 50.0 Å². The lowest BCUT2D eigenvalue weighted by molar-refractivity contribution is -0.384. The van der Waals surface area contributed by atoms with Crippen LogP contribution in [0, 0.1) is 10.1 Å². The molecule has 0 aliphatic heterocycles. The fourth-order valence-corrected chi connectivity index (χ4v) is 2.75. The minimum Gasteiger partial charge on any atom is -0.489 e. The molecule has 0 radical (unpaired) electrons. The highest BCUT2D eigenvalue weighted by Crippen LogP contribution is 2.31. The second-order valence-electron chi connectivity index (χ2n) is 6.15. The van der Waals surface area contributed by atoms with Gasteiger partial charge < -0.3 is 14.3 Å². The third-order valence-electron chi connectivity index (χ3n) is 4.38. The van der Waals surface area contributed by atoms with E-state index in [9.17, 15) is 14.9 Å². The molecule has 0 saturated carbocycles. The predicted molar refractivity (Wildman–Crippen MR) is 99.7 cm³/mol. The largest absolute Gasteiger partial charge is 0.489 e. The van der Waals surface area contributed by atoms with Crippen LogP contribution in [0.2, 0.25) is 0 Å². The first-order valence-electron chi connectivity index (χ1n) is 8.30. The molecule has 0 unspecified atom stereocenters. The van der Waals surface area contributed by atoms with Gasteiger partial charge in [0.05, 0.1) is 12.0 Å². The third kappa shape index (κ3) is 4.93. The van der Waals surface area contributed by atoms with Crippen molar-refractivity contribution in [1.82, 2.24) is 0 Å². The van der Waals surface area contributed by atoms with Crippen molar-refractivity contribution in [2.24, 2.45) is 5.16 Å².